The highest BCUT2D eigenvalue weighted by Crippen LogP contribution is 2.29. The molecule has 0 aliphatic carbocycles. The van der Waals surface area contributed by atoms with Crippen LogP contribution in [0.5, 0.6) is 0 Å². The molecule has 3 amide bonds. The van der Waals surface area contributed by atoms with E-state index in [4.69, 9.17) is 11.6 Å². The molecule has 1 aromatic heterocycles. The van der Waals surface area contributed by atoms with E-state index < -0.39 is 6.04 Å². The maximum atomic E-state index is 13.0. The molecule has 1 aliphatic rings. The number of carbonyl (C=O) groups excluding carboxylic acids is 2. The third-order valence-corrected chi connectivity index (χ3v) is 5.41. The Hall–Kier alpha value is -2.92. The SMILES string of the molecule is Cc1ccc(N2C(=O)N(Cc3cc4ccc(C)cc4nc3Cl)C(=O)[C@H]2C)cc1. The van der Waals surface area contributed by atoms with E-state index in [0.717, 1.165) is 22.0 Å². The number of urea groups is 1. The van der Waals surface area contributed by atoms with Gasteiger partial charge in [0.1, 0.15) is 11.2 Å². The van der Waals surface area contributed by atoms with Crippen molar-refractivity contribution < 1.29 is 9.59 Å². The second-order valence-electron chi connectivity index (χ2n) is 7.22. The van der Waals surface area contributed by atoms with Gasteiger partial charge in [-0.2, -0.15) is 0 Å². The third kappa shape index (κ3) is 3.12. The number of imide groups is 1. The first-order valence-electron chi connectivity index (χ1n) is 9.12. The zero-order valence-corrected chi connectivity index (χ0v) is 16.7. The quantitative estimate of drug-likeness (QED) is 0.471. The molecule has 6 heteroatoms. The van der Waals surface area contributed by atoms with Crippen molar-refractivity contribution in [2.75, 3.05) is 4.90 Å². The van der Waals surface area contributed by atoms with Gasteiger partial charge in [0.05, 0.1) is 12.1 Å². The van der Waals surface area contributed by atoms with Crippen LogP contribution in [0.3, 0.4) is 0 Å². The zero-order chi connectivity index (χ0) is 20.0. The Labute approximate surface area is 168 Å². The third-order valence-electron chi connectivity index (χ3n) is 5.09. The molecule has 1 saturated heterocycles. The molecule has 2 heterocycles. The van der Waals surface area contributed by atoms with Gasteiger partial charge in [0, 0.05) is 16.6 Å². The van der Waals surface area contributed by atoms with Crippen molar-refractivity contribution in [2.45, 2.75) is 33.4 Å². The summed E-state index contributed by atoms with van der Waals surface area (Å²) in [6.07, 6.45) is 0. The zero-order valence-electron chi connectivity index (χ0n) is 15.9. The average molecular weight is 394 g/mol. The maximum Gasteiger partial charge on any atom is 0.332 e. The summed E-state index contributed by atoms with van der Waals surface area (Å²) in [5, 5.41) is 1.23. The van der Waals surface area contributed by atoms with E-state index in [1.54, 1.807) is 6.92 Å². The Morgan fingerprint density at radius 2 is 1.68 bits per heavy atom. The van der Waals surface area contributed by atoms with Gasteiger partial charge in [-0.1, -0.05) is 41.4 Å². The number of anilines is 1. The standard InChI is InChI=1S/C22H20ClN3O2/c1-13-5-8-18(9-6-13)26-15(3)21(27)25(22(26)28)12-17-11-16-7-4-14(2)10-19(16)24-20(17)23/h4-11,15H,12H2,1-3H3/t15-/m1/s1. The number of hydrogen-bond donors (Lipinski definition) is 0. The fourth-order valence-electron chi connectivity index (χ4n) is 3.49. The summed E-state index contributed by atoms with van der Waals surface area (Å²) in [5.74, 6) is -0.245. The molecule has 0 bridgehead atoms. The summed E-state index contributed by atoms with van der Waals surface area (Å²) in [5.41, 5.74) is 4.34. The lowest BCUT2D eigenvalue weighted by atomic mass is 10.1. The van der Waals surface area contributed by atoms with E-state index in [2.05, 4.69) is 4.98 Å². The predicted molar refractivity (Wildman–Crippen MR) is 111 cm³/mol. The Morgan fingerprint density at radius 3 is 2.39 bits per heavy atom. The van der Waals surface area contributed by atoms with Gasteiger partial charge in [-0.15, -0.1) is 0 Å². The molecule has 4 rings (SSSR count). The van der Waals surface area contributed by atoms with Crippen molar-refractivity contribution in [3.63, 3.8) is 0 Å². The molecule has 0 radical (unpaired) electrons. The second-order valence-corrected chi connectivity index (χ2v) is 7.58. The lowest BCUT2D eigenvalue weighted by Crippen LogP contribution is -2.33. The van der Waals surface area contributed by atoms with Crippen LogP contribution in [0.2, 0.25) is 5.15 Å². The molecule has 0 N–H and O–H groups in total. The molecule has 5 nitrogen and oxygen atoms in total. The highest BCUT2D eigenvalue weighted by molar-refractivity contribution is 6.30. The molecule has 2 aromatic carbocycles. The number of fused-ring (bicyclic) bond motifs is 1. The molecular formula is C22H20ClN3O2. The van der Waals surface area contributed by atoms with Gasteiger partial charge in [0.2, 0.25) is 0 Å². The van der Waals surface area contributed by atoms with E-state index in [0.29, 0.717) is 16.4 Å². The monoisotopic (exact) mass is 393 g/mol. The summed E-state index contributed by atoms with van der Waals surface area (Å²) in [4.78, 5) is 33.0. The van der Waals surface area contributed by atoms with Gasteiger partial charge >= 0.3 is 6.03 Å². The minimum absolute atomic E-state index is 0.0972. The number of aryl methyl sites for hydroxylation is 2. The van der Waals surface area contributed by atoms with Crippen molar-refractivity contribution in [3.8, 4) is 0 Å². The minimum atomic E-state index is -0.565. The Balaban J connectivity index is 1.66. The van der Waals surface area contributed by atoms with E-state index in [1.807, 2.05) is 62.4 Å². The lowest BCUT2D eigenvalue weighted by molar-refractivity contribution is -0.127. The van der Waals surface area contributed by atoms with Crippen LogP contribution in [0.25, 0.3) is 10.9 Å². The molecule has 1 aliphatic heterocycles. The van der Waals surface area contributed by atoms with Crippen LogP contribution in [0.4, 0.5) is 10.5 Å². The van der Waals surface area contributed by atoms with Crippen LogP contribution < -0.4 is 4.90 Å². The molecule has 0 spiro atoms. The second kappa shape index (κ2) is 6.91. The maximum absolute atomic E-state index is 13.0. The van der Waals surface area contributed by atoms with Gasteiger partial charge < -0.3 is 0 Å². The molecule has 0 unspecified atom stereocenters. The number of benzene rings is 2. The Kier molecular flexibility index (Phi) is 4.55. The Bertz CT molecular complexity index is 1090. The highest BCUT2D eigenvalue weighted by atomic mass is 35.5. The van der Waals surface area contributed by atoms with Crippen LogP contribution in [0.15, 0.2) is 48.5 Å². The van der Waals surface area contributed by atoms with Crippen LogP contribution in [0, 0.1) is 13.8 Å². The number of nitrogens with zero attached hydrogens (tertiary/aromatic N) is 3. The van der Waals surface area contributed by atoms with E-state index in [9.17, 15) is 9.59 Å². The Morgan fingerprint density at radius 1 is 1.00 bits per heavy atom. The lowest BCUT2D eigenvalue weighted by Gasteiger charge is -2.19. The molecule has 1 fully saturated rings. The molecule has 142 valence electrons. The summed E-state index contributed by atoms with van der Waals surface area (Å²) < 4.78 is 0. The number of aromatic nitrogens is 1. The molecular weight excluding hydrogens is 374 g/mol. The van der Waals surface area contributed by atoms with Crippen molar-refractivity contribution in [1.82, 2.24) is 9.88 Å². The first-order chi connectivity index (χ1) is 13.3. The van der Waals surface area contributed by atoms with E-state index in [-0.39, 0.29) is 18.5 Å². The number of carbonyl (C=O) groups is 2. The fraction of sp³-hybridized carbons (Fsp3) is 0.227. The predicted octanol–water partition coefficient (Wildman–Crippen LogP) is 4.86. The molecule has 0 saturated carbocycles. The average Bonchev–Trinajstić information content (AvgIpc) is 2.87. The van der Waals surface area contributed by atoms with Gasteiger partial charge in [0.25, 0.3) is 5.91 Å². The van der Waals surface area contributed by atoms with Crippen molar-refractivity contribution in [2.24, 2.45) is 0 Å². The van der Waals surface area contributed by atoms with Crippen LogP contribution in [-0.2, 0) is 11.3 Å². The summed E-state index contributed by atoms with van der Waals surface area (Å²) >= 11 is 6.36. The largest absolute Gasteiger partial charge is 0.332 e. The first-order valence-corrected chi connectivity index (χ1v) is 9.50. The van der Waals surface area contributed by atoms with Crippen molar-refractivity contribution >= 4 is 40.1 Å². The molecule has 28 heavy (non-hydrogen) atoms. The summed E-state index contributed by atoms with van der Waals surface area (Å²) in [6, 6.07) is 14.5. The van der Waals surface area contributed by atoms with Gasteiger partial charge in [-0.3, -0.25) is 14.6 Å². The smallest absolute Gasteiger partial charge is 0.282 e. The summed E-state index contributed by atoms with van der Waals surface area (Å²) in [6.45, 7) is 5.81. The van der Waals surface area contributed by atoms with E-state index in [1.165, 1.54) is 9.80 Å². The van der Waals surface area contributed by atoms with E-state index >= 15 is 0 Å². The number of rotatable bonds is 3. The van der Waals surface area contributed by atoms with Crippen LogP contribution >= 0.6 is 11.6 Å². The highest BCUT2D eigenvalue weighted by Gasteiger charge is 2.43. The number of amides is 3. The number of pyridine rings is 1. The minimum Gasteiger partial charge on any atom is -0.282 e. The van der Waals surface area contributed by atoms with Crippen molar-refractivity contribution in [3.05, 3.63) is 70.4 Å². The first kappa shape index (κ1) is 18.4. The van der Waals surface area contributed by atoms with Crippen LogP contribution in [-0.4, -0.2) is 27.9 Å². The number of hydrogen-bond acceptors (Lipinski definition) is 3. The number of halogens is 1. The van der Waals surface area contributed by atoms with Crippen molar-refractivity contribution in [1.29, 1.82) is 0 Å². The van der Waals surface area contributed by atoms with Gasteiger partial charge in [0.15, 0.2) is 0 Å². The normalized spacial score (nSPS) is 17.1. The molecule has 3 aromatic rings. The fourth-order valence-corrected chi connectivity index (χ4v) is 3.69. The van der Waals surface area contributed by atoms with Gasteiger partial charge in [-0.25, -0.2) is 9.78 Å². The van der Waals surface area contributed by atoms with Gasteiger partial charge in [-0.05, 0) is 50.6 Å². The topological polar surface area (TPSA) is 53.5 Å². The molecule has 1 atom stereocenters. The summed E-state index contributed by atoms with van der Waals surface area (Å²) in [7, 11) is 0. The van der Waals surface area contributed by atoms with Crippen LogP contribution in [0.1, 0.15) is 23.6 Å².